The van der Waals surface area contributed by atoms with E-state index in [9.17, 15) is 48.6 Å². The highest BCUT2D eigenvalue weighted by atomic mass is 16.4. The van der Waals surface area contributed by atoms with Gasteiger partial charge in [0.25, 0.3) is 0 Å². The van der Waals surface area contributed by atoms with Crippen LogP contribution in [0.5, 0.6) is 0 Å². The molecule has 0 rings (SSSR count). The second-order valence-corrected chi connectivity index (χ2v) is 13.7. The Hall–Kier alpha value is -4.24. The van der Waals surface area contributed by atoms with Crippen LogP contribution in [0.3, 0.4) is 0 Å². The van der Waals surface area contributed by atoms with Crippen LogP contribution in [0.25, 0.3) is 0 Å². The van der Waals surface area contributed by atoms with Crippen molar-refractivity contribution in [2.75, 3.05) is 19.6 Å². The molecule has 0 aromatic rings. The van der Waals surface area contributed by atoms with Crippen LogP contribution >= 0.6 is 0 Å². The monoisotopic (exact) mass is 769 g/mol. The number of hydrogen-bond donors (Lipinski definition) is 8. The van der Waals surface area contributed by atoms with Crippen LogP contribution in [-0.2, 0) is 38.4 Å². The number of carboxylic acid groups (broad SMARTS) is 3. The standard InChI is InChI=1S/C38H67N5O11/c1-2-3-26-39-31(44)19-16-27-40-32(45)25-23-30(38(53)54)43-35(48)20-17-28-41-33(46)24-22-29(37(51)52)42-34(47)18-14-12-10-8-6-4-5-7-9-11-13-15-21-36(49)50/h29-30H,2-28H2,1H3,(H,39,44)(H,40,45)(H,41,46)(H,42,47)(H,43,48)(H,49,50)(H,51,52)(H,53,54). The van der Waals surface area contributed by atoms with E-state index in [1.807, 2.05) is 6.92 Å². The van der Waals surface area contributed by atoms with E-state index in [1.54, 1.807) is 0 Å². The molecule has 5 amide bonds. The molecule has 2 atom stereocenters. The summed E-state index contributed by atoms with van der Waals surface area (Å²) in [5.74, 6) is -5.12. The zero-order valence-electron chi connectivity index (χ0n) is 32.4. The Bertz CT molecular complexity index is 1130. The molecule has 0 spiro atoms. The summed E-state index contributed by atoms with van der Waals surface area (Å²) in [5.41, 5.74) is 0. The smallest absolute Gasteiger partial charge is 0.326 e. The molecule has 16 heteroatoms. The first-order valence-electron chi connectivity index (χ1n) is 19.9. The molecule has 54 heavy (non-hydrogen) atoms. The highest BCUT2D eigenvalue weighted by Crippen LogP contribution is 2.13. The Balaban J connectivity index is 4.07. The van der Waals surface area contributed by atoms with Gasteiger partial charge < -0.3 is 41.9 Å². The van der Waals surface area contributed by atoms with Gasteiger partial charge in [0.1, 0.15) is 12.1 Å². The number of nitrogens with one attached hydrogen (secondary N) is 5. The van der Waals surface area contributed by atoms with E-state index in [0.717, 1.165) is 83.5 Å². The molecule has 0 saturated carbocycles. The van der Waals surface area contributed by atoms with Crippen LogP contribution in [-0.4, -0.2) is 94.5 Å². The van der Waals surface area contributed by atoms with E-state index in [2.05, 4.69) is 26.6 Å². The first-order chi connectivity index (χ1) is 25.8. The Morgan fingerprint density at radius 3 is 1.07 bits per heavy atom. The third kappa shape index (κ3) is 31.3. The predicted octanol–water partition coefficient (Wildman–Crippen LogP) is 3.94. The summed E-state index contributed by atoms with van der Waals surface area (Å²) in [7, 11) is 0. The molecule has 0 saturated heterocycles. The predicted molar refractivity (Wildman–Crippen MR) is 202 cm³/mol. The summed E-state index contributed by atoms with van der Waals surface area (Å²) in [5, 5.41) is 40.5. The van der Waals surface area contributed by atoms with E-state index >= 15 is 0 Å². The second-order valence-electron chi connectivity index (χ2n) is 13.7. The topological polar surface area (TPSA) is 257 Å². The first kappa shape index (κ1) is 49.8. The summed E-state index contributed by atoms with van der Waals surface area (Å²) < 4.78 is 0. The van der Waals surface area contributed by atoms with Gasteiger partial charge in [0.05, 0.1) is 0 Å². The Morgan fingerprint density at radius 1 is 0.389 bits per heavy atom. The largest absolute Gasteiger partial charge is 0.481 e. The van der Waals surface area contributed by atoms with Gasteiger partial charge in [0.2, 0.25) is 29.5 Å². The average Bonchev–Trinajstić information content (AvgIpc) is 3.11. The number of rotatable bonds is 36. The van der Waals surface area contributed by atoms with Crippen LogP contribution in [0.1, 0.15) is 161 Å². The second kappa shape index (κ2) is 33.3. The van der Waals surface area contributed by atoms with Gasteiger partial charge in [0, 0.05) is 58.2 Å². The zero-order valence-corrected chi connectivity index (χ0v) is 32.4. The van der Waals surface area contributed by atoms with Crippen LogP contribution in [0, 0.1) is 0 Å². The molecule has 8 N–H and O–H groups in total. The zero-order chi connectivity index (χ0) is 40.4. The van der Waals surface area contributed by atoms with Crippen molar-refractivity contribution >= 4 is 47.4 Å². The molecule has 0 aliphatic heterocycles. The lowest BCUT2D eigenvalue weighted by molar-refractivity contribution is -0.142. The minimum absolute atomic E-state index is 0.0802. The van der Waals surface area contributed by atoms with E-state index in [4.69, 9.17) is 5.11 Å². The molecular formula is C38H67N5O11. The van der Waals surface area contributed by atoms with Gasteiger partial charge >= 0.3 is 17.9 Å². The van der Waals surface area contributed by atoms with Crippen LogP contribution in [0.15, 0.2) is 0 Å². The Morgan fingerprint density at radius 2 is 0.704 bits per heavy atom. The van der Waals surface area contributed by atoms with Crippen LogP contribution in [0.2, 0.25) is 0 Å². The highest BCUT2D eigenvalue weighted by molar-refractivity contribution is 5.85. The average molecular weight is 770 g/mol. The lowest BCUT2D eigenvalue weighted by Crippen LogP contribution is -2.42. The fourth-order valence-electron chi connectivity index (χ4n) is 5.55. The van der Waals surface area contributed by atoms with Gasteiger partial charge in [-0.05, 0) is 44.9 Å². The van der Waals surface area contributed by atoms with Gasteiger partial charge in [-0.3, -0.25) is 28.8 Å². The molecule has 0 aliphatic carbocycles. The highest BCUT2D eigenvalue weighted by Gasteiger charge is 2.22. The fourth-order valence-corrected chi connectivity index (χ4v) is 5.55. The molecule has 0 aromatic carbocycles. The molecule has 310 valence electrons. The van der Waals surface area contributed by atoms with Crippen molar-refractivity contribution in [3.8, 4) is 0 Å². The minimum atomic E-state index is -1.29. The van der Waals surface area contributed by atoms with E-state index in [-0.39, 0.29) is 88.6 Å². The van der Waals surface area contributed by atoms with Crippen molar-refractivity contribution in [3.63, 3.8) is 0 Å². The summed E-state index contributed by atoms with van der Waals surface area (Å²) in [6, 6.07) is -2.48. The molecule has 16 nitrogen and oxygen atoms in total. The van der Waals surface area contributed by atoms with Gasteiger partial charge in [-0.25, -0.2) is 9.59 Å². The van der Waals surface area contributed by atoms with E-state index < -0.39 is 41.8 Å². The Kier molecular flexibility index (Phi) is 30.7. The third-order valence-electron chi connectivity index (χ3n) is 8.79. The summed E-state index contributed by atoms with van der Waals surface area (Å²) >= 11 is 0. The molecule has 0 bridgehead atoms. The quantitative estimate of drug-likeness (QED) is 0.0424. The number of amides is 5. The number of carbonyl (C=O) groups excluding carboxylic acids is 5. The van der Waals surface area contributed by atoms with Gasteiger partial charge in [-0.2, -0.15) is 0 Å². The van der Waals surface area contributed by atoms with Crippen molar-refractivity contribution in [2.45, 2.75) is 173 Å². The van der Waals surface area contributed by atoms with Crippen molar-refractivity contribution in [1.29, 1.82) is 0 Å². The summed E-state index contributed by atoms with van der Waals surface area (Å²) in [6.07, 6.45) is 14.8. The van der Waals surface area contributed by atoms with Crippen molar-refractivity contribution in [2.24, 2.45) is 0 Å². The van der Waals surface area contributed by atoms with Crippen LogP contribution < -0.4 is 26.6 Å². The maximum atomic E-state index is 12.3. The van der Waals surface area contributed by atoms with Gasteiger partial charge in [-0.15, -0.1) is 0 Å². The van der Waals surface area contributed by atoms with Crippen LogP contribution in [0.4, 0.5) is 0 Å². The molecule has 0 aromatic heterocycles. The normalized spacial score (nSPS) is 11.9. The maximum Gasteiger partial charge on any atom is 0.326 e. The van der Waals surface area contributed by atoms with Crippen molar-refractivity contribution in [3.05, 3.63) is 0 Å². The third-order valence-corrected chi connectivity index (χ3v) is 8.79. The lowest BCUT2D eigenvalue weighted by atomic mass is 10.0. The number of carboxylic acids is 3. The lowest BCUT2D eigenvalue weighted by Gasteiger charge is -2.15. The van der Waals surface area contributed by atoms with E-state index in [1.165, 1.54) is 0 Å². The fraction of sp³-hybridized carbons (Fsp3) is 0.789. The molecule has 0 fully saturated rings. The summed E-state index contributed by atoms with van der Waals surface area (Å²) in [6.45, 7) is 3.01. The van der Waals surface area contributed by atoms with Crippen molar-refractivity contribution in [1.82, 2.24) is 26.6 Å². The molecule has 0 heterocycles. The maximum absolute atomic E-state index is 12.3. The number of carbonyl (C=O) groups is 8. The van der Waals surface area contributed by atoms with E-state index in [0.29, 0.717) is 19.4 Å². The Labute approximate surface area is 320 Å². The number of unbranched alkanes of at least 4 members (excludes halogenated alkanes) is 12. The molecule has 2 unspecified atom stereocenters. The number of hydrogen-bond acceptors (Lipinski definition) is 8. The SMILES string of the molecule is CCCCNC(=O)CCCNC(=O)CCC(NC(=O)CCCNC(=O)CCC(NC(=O)CCCCCCCCCCCCCCC(=O)O)C(=O)O)C(=O)O. The first-order valence-corrected chi connectivity index (χ1v) is 19.9. The molecular weight excluding hydrogens is 702 g/mol. The molecule has 0 radical (unpaired) electrons. The summed E-state index contributed by atoms with van der Waals surface area (Å²) in [4.78, 5) is 94.4. The molecule has 0 aliphatic rings. The van der Waals surface area contributed by atoms with Crippen molar-refractivity contribution < 1.29 is 53.7 Å². The minimum Gasteiger partial charge on any atom is -0.481 e. The number of aliphatic carboxylic acids is 3. The van der Waals surface area contributed by atoms with Gasteiger partial charge in [0.15, 0.2) is 0 Å². The van der Waals surface area contributed by atoms with Gasteiger partial charge in [-0.1, -0.05) is 77.6 Å².